The Morgan fingerprint density at radius 2 is 1.96 bits per heavy atom. The minimum absolute atomic E-state index is 0.0197. The SMILES string of the molecule is Cc1nc(-c2ccc(C(=O)N3C[C@@H](C)[C@H](C(=O)O)C3)cc2)cs1. The third kappa shape index (κ3) is 3.12. The number of amides is 1. The van der Waals surface area contributed by atoms with E-state index in [-0.39, 0.29) is 18.4 Å². The maximum atomic E-state index is 12.5. The maximum absolute atomic E-state index is 12.5. The molecule has 5 nitrogen and oxygen atoms in total. The fourth-order valence-electron chi connectivity index (χ4n) is 2.92. The molecule has 3 rings (SSSR count). The molecule has 23 heavy (non-hydrogen) atoms. The van der Waals surface area contributed by atoms with E-state index in [9.17, 15) is 14.7 Å². The van der Waals surface area contributed by atoms with E-state index < -0.39 is 11.9 Å². The number of thiazole rings is 1. The highest BCUT2D eigenvalue weighted by Crippen LogP contribution is 2.26. The number of rotatable bonds is 3. The van der Waals surface area contributed by atoms with E-state index in [1.807, 2.05) is 31.4 Å². The van der Waals surface area contributed by atoms with Crippen LogP contribution in [0.2, 0.25) is 0 Å². The van der Waals surface area contributed by atoms with Gasteiger partial charge in [-0.05, 0) is 25.0 Å². The molecule has 1 aliphatic rings. The Hall–Kier alpha value is -2.21. The standard InChI is InChI=1S/C17H18N2O3S/c1-10-7-19(8-14(10)17(21)22)16(20)13-5-3-12(4-6-13)15-9-23-11(2)18-15/h3-6,9-10,14H,7-8H2,1-2H3,(H,21,22)/t10-,14-/m1/s1. The summed E-state index contributed by atoms with van der Waals surface area (Å²) in [6.45, 7) is 4.60. The quantitative estimate of drug-likeness (QED) is 0.939. The van der Waals surface area contributed by atoms with Crippen LogP contribution in [0.5, 0.6) is 0 Å². The molecule has 2 heterocycles. The van der Waals surface area contributed by atoms with Gasteiger partial charge in [0.05, 0.1) is 16.6 Å². The Balaban J connectivity index is 1.75. The summed E-state index contributed by atoms with van der Waals surface area (Å²) in [5.41, 5.74) is 2.47. The topological polar surface area (TPSA) is 70.5 Å². The average Bonchev–Trinajstić information content (AvgIpc) is 3.13. The lowest BCUT2D eigenvalue weighted by Gasteiger charge is -2.16. The van der Waals surface area contributed by atoms with E-state index in [1.54, 1.807) is 28.4 Å². The number of carbonyl (C=O) groups excluding carboxylic acids is 1. The van der Waals surface area contributed by atoms with Gasteiger partial charge in [-0.1, -0.05) is 19.1 Å². The highest BCUT2D eigenvalue weighted by Gasteiger charge is 2.37. The summed E-state index contributed by atoms with van der Waals surface area (Å²) in [5, 5.41) is 12.2. The second kappa shape index (κ2) is 6.12. The van der Waals surface area contributed by atoms with Crippen LogP contribution in [0.4, 0.5) is 0 Å². The molecular formula is C17H18N2O3S. The lowest BCUT2D eigenvalue weighted by atomic mass is 9.99. The molecule has 2 atom stereocenters. The largest absolute Gasteiger partial charge is 0.481 e. The van der Waals surface area contributed by atoms with Crippen molar-refractivity contribution in [1.29, 1.82) is 0 Å². The summed E-state index contributed by atoms with van der Waals surface area (Å²) < 4.78 is 0. The van der Waals surface area contributed by atoms with Crippen LogP contribution in [-0.2, 0) is 4.79 Å². The summed E-state index contributed by atoms with van der Waals surface area (Å²) in [7, 11) is 0. The Morgan fingerprint density at radius 1 is 1.26 bits per heavy atom. The normalized spacial score (nSPS) is 20.7. The van der Waals surface area contributed by atoms with Crippen molar-refractivity contribution < 1.29 is 14.7 Å². The van der Waals surface area contributed by atoms with Crippen LogP contribution in [0.3, 0.4) is 0 Å². The van der Waals surface area contributed by atoms with Crippen molar-refractivity contribution in [3.05, 3.63) is 40.2 Å². The Bertz CT molecular complexity index is 739. The van der Waals surface area contributed by atoms with E-state index in [1.165, 1.54) is 0 Å². The Labute approximate surface area is 138 Å². The molecule has 1 aliphatic heterocycles. The number of aliphatic carboxylic acids is 1. The molecule has 1 saturated heterocycles. The fraction of sp³-hybridized carbons (Fsp3) is 0.353. The number of nitrogens with zero attached hydrogens (tertiary/aromatic N) is 2. The molecule has 0 saturated carbocycles. The highest BCUT2D eigenvalue weighted by molar-refractivity contribution is 7.09. The van der Waals surface area contributed by atoms with Gasteiger partial charge in [-0.3, -0.25) is 9.59 Å². The zero-order valence-electron chi connectivity index (χ0n) is 13.0. The first kappa shape index (κ1) is 15.7. The zero-order chi connectivity index (χ0) is 16.6. The number of hydrogen-bond donors (Lipinski definition) is 1. The number of likely N-dealkylation sites (tertiary alicyclic amines) is 1. The van der Waals surface area contributed by atoms with Crippen molar-refractivity contribution in [3.63, 3.8) is 0 Å². The first-order chi connectivity index (χ1) is 11.0. The monoisotopic (exact) mass is 330 g/mol. The Morgan fingerprint density at radius 3 is 2.48 bits per heavy atom. The smallest absolute Gasteiger partial charge is 0.308 e. The van der Waals surface area contributed by atoms with E-state index in [0.29, 0.717) is 12.1 Å². The molecule has 0 bridgehead atoms. The molecule has 0 spiro atoms. The van der Waals surface area contributed by atoms with Crippen LogP contribution >= 0.6 is 11.3 Å². The summed E-state index contributed by atoms with van der Waals surface area (Å²) in [5.74, 6) is -1.44. The third-order valence-electron chi connectivity index (χ3n) is 4.26. The van der Waals surface area contributed by atoms with Gasteiger partial charge < -0.3 is 10.0 Å². The molecule has 1 N–H and O–H groups in total. The first-order valence-corrected chi connectivity index (χ1v) is 8.38. The van der Waals surface area contributed by atoms with Gasteiger partial charge in [0.1, 0.15) is 0 Å². The van der Waals surface area contributed by atoms with Crippen molar-refractivity contribution in [2.75, 3.05) is 13.1 Å². The highest BCUT2D eigenvalue weighted by atomic mass is 32.1. The van der Waals surface area contributed by atoms with Gasteiger partial charge in [-0.25, -0.2) is 4.98 Å². The van der Waals surface area contributed by atoms with Crippen LogP contribution in [0.25, 0.3) is 11.3 Å². The second-order valence-corrected chi connectivity index (χ2v) is 7.02. The van der Waals surface area contributed by atoms with Gasteiger partial charge in [0.25, 0.3) is 5.91 Å². The number of hydrogen-bond acceptors (Lipinski definition) is 4. The van der Waals surface area contributed by atoms with Crippen LogP contribution in [-0.4, -0.2) is 40.0 Å². The lowest BCUT2D eigenvalue weighted by Crippen LogP contribution is -2.29. The second-order valence-electron chi connectivity index (χ2n) is 5.96. The fourth-order valence-corrected chi connectivity index (χ4v) is 3.54. The summed E-state index contributed by atoms with van der Waals surface area (Å²) in [6.07, 6.45) is 0. The van der Waals surface area contributed by atoms with Crippen molar-refractivity contribution in [3.8, 4) is 11.3 Å². The lowest BCUT2D eigenvalue weighted by molar-refractivity contribution is -0.142. The van der Waals surface area contributed by atoms with Crippen molar-refractivity contribution >= 4 is 23.2 Å². The van der Waals surface area contributed by atoms with Crippen LogP contribution in [0.1, 0.15) is 22.3 Å². The van der Waals surface area contributed by atoms with Gasteiger partial charge in [-0.2, -0.15) is 0 Å². The molecular weight excluding hydrogens is 312 g/mol. The predicted octanol–water partition coefficient (Wildman–Crippen LogP) is 2.91. The van der Waals surface area contributed by atoms with Gasteiger partial charge in [0, 0.05) is 29.6 Å². The number of aryl methyl sites for hydroxylation is 1. The van der Waals surface area contributed by atoms with Crippen molar-refractivity contribution in [2.45, 2.75) is 13.8 Å². The van der Waals surface area contributed by atoms with E-state index in [2.05, 4.69) is 4.98 Å². The van der Waals surface area contributed by atoms with Crippen LogP contribution < -0.4 is 0 Å². The van der Waals surface area contributed by atoms with Crippen molar-refractivity contribution in [1.82, 2.24) is 9.88 Å². The zero-order valence-corrected chi connectivity index (χ0v) is 13.8. The van der Waals surface area contributed by atoms with Gasteiger partial charge >= 0.3 is 5.97 Å². The number of carbonyl (C=O) groups is 2. The van der Waals surface area contributed by atoms with Gasteiger partial charge in [-0.15, -0.1) is 11.3 Å². The molecule has 1 amide bonds. The van der Waals surface area contributed by atoms with Crippen molar-refractivity contribution in [2.24, 2.45) is 11.8 Å². The molecule has 0 radical (unpaired) electrons. The van der Waals surface area contributed by atoms with E-state index in [0.717, 1.165) is 16.3 Å². The van der Waals surface area contributed by atoms with Gasteiger partial charge in [0.2, 0.25) is 0 Å². The molecule has 0 aliphatic carbocycles. The number of carboxylic acid groups (broad SMARTS) is 1. The van der Waals surface area contributed by atoms with Crippen LogP contribution in [0, 0.1) is 18.8 Å². The molecule has 2 aromatic rings. The summed E-state index contributed by atoms with van der Waals surface area (Å²) in [6, 6.07) is 7.34. The molecule has 0 unspecified atom stereocenters. The number of aromatic nitrogens is 1. The Kier molecular flexibility index (Phi) is 4.17. The molecule has 1 aromatic heterocycles. The minimum atomic E-state index is -0.831. The molecule has 6 heteroatoms. The molecule has 120 valence electrons. The van der Waals surface area contributed by atoms with Crippen LogP contribution in [0.15, 0.2) is 29.6 Å². The molecule has 1 fully saturated rings. The molecule has 1 aromatic carbocycles. The average molecular weight is 330 g/mol. The number of benzene rings is 1. The van der Waals surface area contributed by atoms with E-state index >= 15 is 0 Å². The maximum Gasteiger partial charge on any atom is 0.308 e. The summed E-state index contributed by atoms with van der Waals surface area (Å²) in [4.78, 5) is 29.8. The summed E-state index contributed by atoms with van der Waals surface area (Å²) >= 11 is 1.59. The third-order valence-corrected chi connectivity index (χ3v) is 5.04. The minimum Gasteiger partial charge on any atom is -0.481 e. The predicted molar refractivity (Wildman–Crippen MR) is 88.5 cm³/mol. The first-order valence-electron chi connectivity index (χ1n) is 7.50. The van der Waals surface area contributed by atoms with Gasteiger partial charge in [0.15, 0.2) is 0 Å². The van der Waals surface area contributed by atoms with E-state index in [4.69, 9.17) is 0 Å². The number of carboxylic acids is 1.